The van der Waals surface area contributed by atoms with Crippen LogP contribution < -0.4 is 0 Å². The van der Waals surface area contributed by atoms with Gasteiger partial charge in [-0.15, -0.1) is 0 Å². The Kier molecular flexibility index (Phi) is 3.00. The molecule has 0 bridgehead atoms. The number of carboxylic acids is 1. The fourth-order valence-corrected chi connectivity index (χ4v) is 1.35. The molecule has 76 valence electrons. The predicted octanol–water partition coefficient (Wildman–Crippen LogP) is 2.68. The highest BCUT2D eigenvalue weighted by molar-refractivity contribution is 6.29. The van der Waals surface area contributed by atoms with Gasteiger partial charge < -0.3 is 5.11 Å². The van der Waals surface area contributed by atoms with E-state index in [2.05, 4.69) is 4.98 Å². The molecule has 0 atom stereocenters. The highest BCUT2D eigenvalue weighted by atomic mass is 35.5. The molecule has 3 nitrogen and oxygen atoms in total. The third-order valence-corrected chi connectivity index (χ3v) is 1.83. The summed E-state index contributed by atoms with van der Waals surface area (Å²) in [4.78, 5) is 13.9. The molecule has 1 heterocycles. The topological polar surface area (TPSA) is 50.2 Å². The fraction of sp³-hybridized carbons (Fsp3) is 0.250. The number of aromatic nitrogens is 1. The highest BCUT2D eigenvalue weighted by Gasteiger charge is 2.22. The zero-order valence-electron chi connectivity index (χ0n) is 7.09. The number of alkyl halides is 2. The maximum atomic E-state index is 12.4. The maximum absolute atomic E-state index is 12.4. The standard InChI is InChI=1S/C8H6ClF2NO2/c1-3-2-4(9)12-6(7(10)11)5(3)8(13)14/h2,7H,1H3,(H,13,14). The summed E-state index contributed by atoms with van der Waals surface area (Å²) in [6.45, 7) is 1.39. The Bertz CT molecular complexity index is 382. The molecule has 0 amide bonds. The summed E-state index contributed by atoms with van der Waals surface area (Å²) in [5.74, 6) is -1.43. The Morgan fingerprint density at radius 1 is 1.64 bits per heavy atom. The molecule has 0 saturated heterocycles. The summed E-state index contributed by atoms with van der Waals surface area (Å²) >= 11 is 5.43. The van der Waals surface area contributed by atoms with Gasteiger partial charge in [-0.1, -0.05) is 11.6 Å². The number of carbonyl (C=O) groups is 1. The second-order valence-corrected chi connectivity index (χ2v) is 3.02. The van der Waals surface area contributed by atoms with Gasteiger partial charge in [-0.2, -0.15) is 0 Å². The van der Waals surface area contributed by atoms with Gasteiger partial charge in [0.1, 0.15) is 10.8 Å². The molecule has 1 N–H and O–H groups in total. The molecular weight excluding hydrogens is 216 g/mol. The second-order valence-electron chi connectivity index (χ2n) is 2.63. The molecule has 0 fully saturated rings. The summed E-state index contributed by atoms with van der Waals surface area (Å²) in [6.07, 6.45) is -2.95. The minimum Gasteiger partial charge on any atom is -0.478 e. The molecule has 0 aliphatic rings. The monoisotopic (exact) mass is 221 g/mol. The summed E-state index contributed by atoms with van der Waals surface area (Å²) < 4.78 is 24.7. The smallest absolute Gasteiger partial charge is 0.338 e. The third-order valence-electron chi connectivity index (χ3n) is 1.63. The Hall–Kier alpha value is -1.23. The second kappa shape index (κ2) is 3.88. The number of hydrogen-bond donors (Lipinski definition) is 1. The Labute approximate surface area is 83.3 Å². The zero-order valence-corrected chi connectivity index (χ0v) is 7.85. The number of rotatable bonds is 2. The van der Waals surface area contributed by atoms with Gasteiger partial charge in [-0.25, -0.2) is 18.6 Å². The number of hydrogen-bond acceptors (Lipinski definition) is 2. The minimum atomic E-state index is -2.95. The van der Waals surface area contributed by atoms with E-state index in [1.165, 1.54) is 13.0 Å². The molecule has 0 unspecified atom stereocenters. The number of carboxylic acid groups (broad SMARTS) is 1. The van der Waals surface area contributed by atoms with Crippen molar-refractivity contribution in [3.63, 3.8) is 0 Å². The first-order valence-electron chi connectivity index (χ1n) is 3.62. The summed E-state index contributed by atoms with van der Waals surface area (Å²) in [6, 6.07) is 1.23. The van der Waals surface area contributed by atoms with E-state index in [4.69, 9.17) is 16.7 Å². The van der Waals surface area contributed by atoms with E-state index in [9.17, 15) is 13.6 Å². The van der Waals surface area contributed by atoms with E-state index < -0.39 is 23.7 Å². The number of aromatic carboxylic acids is 1. The van der Waals surface area contributed by atoms with Crippen molar-refractivity contribution < 1.29 is 18.7 Å². The fourth-order valence-electron chi connectivity index (χ4n) is 1.09. The summed E-state index contributed by atoms with van der Waals surface area (Å²) in [7, 11) is 0. The molecule has 0 saturated carbocycles. The first-order valence-corrected chi connectivity index (χ1v) is 3.99. The van der Waals surface area contributed by atoms with Crippen molar-refractivity contribution in [2.24, 2.45) is 0 Å². The van der Waals surface area contributed by atoms with E-state index in [0.717, 1.165) is 0 Å². The van der Waals surface area contributed by atoms with Crippen molar-refractivity contribution in [3.05, 3.63) is 28.0 Å². The van der Waals surface area contributed by atoms with Crippen LogP contribution in [0.3, 0.4) is 0 Å². The van der Waals surface area contributed by atoms with Crippen LogP contribution in [0, 0.1) is 6.92 Å². The van der Waals surface area contributed by atoms with Crippen LogP contribution in [0.15, 0.2) is 6.07 Å². The number of nitrogens with zero attached hydrogens (tertiary/aromatic N) is 1. The Morgan fingerprint density at radius 3 is 2.64 bits per heavy atom. The lowest BCUT2D eigenvalue weighted by atomic mass is 10.1. The van der Waals surface area contributed by atoms with Crippen LogP contribution in [0.5, 0.6) is 0 Å². The van der Waals surface area contributed by atoms with Crippen molar-refractivity contribution in [2.75, 3.05) is 0 Å². The van der Waals surface area contributed by atoms with Gasteiger partial charge >= 0.3 is 5.97 Å². The normalized spacial score (nSPS) is 10.6. The molecule has 1 aromatic rings. The SMILES string of the molecule is Cc1cc(Cl)nc(C(F)F)c1C(=O)O. The average Bonchev–Trinajstić information content (AvgIpc) is 2.01. The van der Waals surface area contributed by atoms with Crippen molar-refractivity contribution in [1.29, 1.82) is 0 Å². The van der Waals surface area contributed by atoms with E-state index in [-0.39, 0.29) is 10.7 Å². The van der Waals surface area contributed by atoms with Crippen LogP contribution in [0.25, 0.3) is 0 Å². The molecule has 0 aliphatic carbocycles. The van der Waals surface area contributed by atoms with Crippen molar-refractivity contribution >= 4 is 17.6 Å². The van der Waals surface area contributed by atoms with E-state index >= 15 is 0 Å². The van der Waals surface area contributed by atoms with Gasteiger partial charge in [0, 0.05) is 0 Å². The van der Waals surface area contributed by atoms with Crippen LogP contribution in [0.2, 0.25) is 5.15 Å². The summed E-state index contributed by atoms with van der Waals surface area (Å²) in [5, 5.41) is 8.53. The lowest BCUT2D eigenvalue weighted by Crippen LogP contribution is -2.08. The van der Waals surface area contributed by atoms with Crippen LogP contribution in [-0.2, 0) is 0 Å². The van der Waals surface area contributed by atoms with Crippen LogP contribution >= 0.6 is 11.6 Å². The van der Waals surface area contributed by atoms with Gasteiger partial charge in [0.2, 0.25) is 0 Å². The minimum absolute atomic E-state index is 0.136. The largest absolute Gasteiger partial charge is 0.478 e. The molecule has 6 heteroatoms. The Balaban J connectivity index is 3.44. The lowest BCUT2D eigenvalue weighted by Gasteiger charge is -2.07. The first kappa shape index (κ1) is 10.8. The summed E-state index contributed by atoms with van der Waals surface area (Å²) in [5.41, 5.74) is -1.10. The molecule has 1 aromatic heterocycles. The van der Waals surface area contributed by atoms with Crippen LogP contribution in [0.4, 0.5) is 8.78 Å². The van der Waals surface area contributed by atoms with Crippen molar-refractivity contribution in [3.8, 4) is 0 Å². The predicted molar refractivity (Wildman–Crippen MR) is 45.9 cm³/mol. The first-order chi connectivity index (χ1) is 6.43. The molecule has 0 aliphatic heterocycles. The highest BCUT2D eigenvalue weighted by Crippen LogP contribution is 2.25. The maximum Gasteiger partial charge on any atom is 0.338 e. The third kappa shape index (κ3) is 1.98. The molecule has 14 heavy (non-hydrogen) atoms. The zero-order chi connectivity index (χ0) is 10.9. The molecule has 0 spiro atoms. The lowest BCUT2D eigenvalue weighted by molar-refractivity contribution is 0.0681. The van der Waals surface area contributed by atoms with Crippen LogP contribution in [-0.4, -0.2) is 16.1 Å². The van der Waals surface area contributed by atoms with Gasteiger partial charge in [-0.05, 0) is 18.6 Å². The van der Waals surface area contributed by atoms with E-state index in [1.807, 2.05) is 0 Å². The molecule has 0 radical (unpaired) electrons. The van der Waals surface area contributed by atoms with Crippen molar-refractivity contribution in [2.45, 2.75) is 13.3 Å². The number of halogens is 3. The van der Waals surface area contributed by atoms with Crippen LogP contribution in [0.1, 0.15) is 28.0 Å². The average molecular weight is 222 g/mol. The van der Waals surface area contributed by atoms with E-state index in [0.29, 0.717) is 0 Å². The number of pyridine rings is 1. The Morgan fingerprint density at radius 2 is 2.21 bits per heavy atom. The molecule has 0 aromatic carbocycles. The van der Waals surface area contributed by atoms with Gasteiger partial charge in [0.15, 0.2) is 0 Å². The van der Waals surface area contributed by atoms with Gasteiger partial charge in [-0.3, -0.25) is 0 Å². The van der Waals surface area contributed by atoms with Gasteiger partial charge in [0.25, 0.3) is 6.43 Å². The van der Waals surface area contributed by atoms with E-state index in [1.54, 1.807) is 0 Å². The number of aryl methyl sites for hydroxylation is 1. The quantitative estimate of drug-likeness (QED) is 0.781. The molecule has 1 rings (SSSR count). The van der Waals surface area contributed by atoms with Gasteiger partial charge in [0.05, 0.1) is 5.56 Å². The molecular formula is C8H6ClF2NO2. The van der Waals surface area contributed by atoms with Crippen molar-refractivity contribution in [1.82, 2.24) is 4.98 Å².